The Bertz CT molecular complexity index is 195. The summed E-state index contributed by atoms with van der Waals surface area (Å²) in [6, 6.07) is 1.36. The van der Waals surface area contributed by atoms with Crippen molar-refractivity contribution in [3.05, 3.63) is 0 Å². The van der Waals surface area contributed by atoms with Gasteiger partial charge in [0.05, 0.1) is 6.17 Å². The zero-order valence-electron chi connectivity index (χ0n) is 9.02. The molecular weight excluding hydrogens is 176 g/mol. The summed E-state index contributed by atoms with van der Waals surface area (Å²) in [5.74, 6) is 0. The lowest BCUT2D eigenvalue weighted by Gasteiger charge is -2.42. The van der Waals surface area contributed by atoms with Gasteiger partial charge in [0.25, 0.3) is 0 Å². The highest BCUT2D eigenvalue weighted by Crippen LogP contribution is 2.24. The molecule has 2 fully saturated rings. The third kappa shape index (κ3) is 2.08. The van der Waals surface area contributed by atoms with Crippen LogP contribution in [0.2, 0.25) is 0 Å². The molecule has 82 valence electrons. The summed E-state index contributed by atoms with van der Waals surface area (Å²) in [6.07, 6.45) is 3.48. The van der Waals surface area contributed by atoms with Gasteiger partial charge >= 0.3 is 0 Å². The topological polar surface area (TPSA) is 58.5 Å². The van der Waals surface area contributed by atoms with Gasteiger partial charge in [-0.3, -0.25) is 4.90 Å². The zero-order chi connectivity index (χ0) is 10.1. The van der Waals surface area contributed by atoms with Crippen LogP contribution in [0.15, 0.2) is 0 Å². The third-order valence-corrected chi connectivity index (χ3v) is 3.61. The fourth-order valence-corrected chi connectivity index (χ4v) is 2.80. The number of nitrogens with two attached hydrogens (primary N) is 2. The van der Waals surface area contributed by atoms with Crippen LogP contribution in [0.5, 0.6) is 0 Å². The molecule has 14 heavy (non-hydrogen) atoms. The number of nitrogens with zero attached hydrogens (tertiary/aromatic N) is 2. The monoisotopic (exact) mass is 198 g/mol. The molecule has 2 rings (SSSR count). The van der Waals surface area contributed by atoms with E-state index >= 15 is 0 Å². The Labute approximate surface area is 86.2 Å². The quantitative estimate of drug-likeness (QED) is 0.582. The average molecular weight is 198 g/mol. The van der Waals surface area contributed by atoms with Gasteiger partial charge in [0.1, 0.15) is 0 Å². The van der Waals surface area contributed by atoms with Crippen LogP contribution in [-0.2, 0) is 0 Å². The number of piperazine rings is 1. The van der Waals surface area contributed by atoms with Crippen LogP contribution in [0.4, 0.5) is 0 Å². The van der Waals surface area contributed by atoms with Crippen molar-refractivity contribution in [2.75, 3.05) is 26.7 Å². The molecule has 0 spiro atoms. The van der Waals surface area contributed by atoms with E-state index in [4.69, 9.17) is 11.5 Å². The van der Waals surface area contributed by atoms with E-state index in [1.807, 2.05) is 0 Å². The van der Waals surface area contributed by atoms with Crippen molar-refractivity contribution in [1.82, 2.24) is 9.80 Å². The molecule has 0 aromatic carbocycles. The second-order valence-electron chi connectivity index (χ2n) is 4.78. The fraction of sp³-hybridized carbons (Fsp3) is 1.00. The summed E-state index contributed by atoms with van der Waals surface area (Å²) < 4.78 is 0. The number of hydrogen-bond donors (Lipinski definition) is 2. The number of rotatable bonds is 2. The first kappa shape index (κ1) is 10.4. The predicted octanol–water partition coefficient (Wildman–Crippen LogP) is -0.602. The van der Waals surface area contributed by atoms with Crippen molar-refractivity contribution in [2.45, 2.75) is 37.5 Å². The summed E-state index contributed by atoms with van der Waals surface area (Å²) in [7, 11) is 2.20. The van der Waals surface area contributed by atoms with Gasteiger partial charge in [-0.05, 0) is 32.9 Å². The standard InChI is InChI=1S/C10H22N4/c1-13-6-8-3-2-4-14(8)7-9(13)5-10(11)12/h8-10H,2-7,11-12H2,1H3. The summed E-state index contributed by atoms with van der Waals surface area (Å²) >= 11 is 0. The minimum absolute atomic E-state index is 0.165. The Kier molecular flexibility index (Phi) is 3.07. The molecule has 4 N–H and O–H groups in total. The summed E-state index contributed by atoms with van der Waals surface area (Å²) in [6.45, 7) is 3.62. The molecule has 4 nitrogen and oxygen atoms in total. The molecule has 2 unspecified atom stereocenters. The van der Waals surface area contributed by atoms with Gasteiger partial charge in [-0.1, -0.05) is 0 Å². The lowest BCUT2D eigenvalue weighted by molar-refractivity contribution is 0.0633. The molecule has 0 saturated carbocycles. The Hall–Kier alpha value is -0.160. The number of likely N-dealkylation sites (N-methyl/N-ethyl adjacent to an activating group) is 1. The number of fused-ring (bicyclic) bond motifs is 1. The largest absolute Gasteiger partial charge is 0.316 e. The first-order chi connectivity index (χ1) is 6.66. The van der Waals surface area contributed by atoms with Crippen LogP contribution < -0.4 is 11.5 Å². The molecule has 0 aliphatic carbocycles. The van der Waals surface area contributed by atoms with E-state index in [1.165, 1.54) is 25.9 Å². The van der Waals surface area contributed by atoms with Gasteiger partial charge < -0.3 is 16.4 Å². The smallest absolute Gasteiger partial charge is 0.0536 e. The van der Waals surface area contributed by atoms with Gasteiger partial charge in [-0.15, -0.1) is 0 Å². The van der Waals surface area contributed by atoms with E-state index in [2.05, 4.69) is 16.8 Å². The second kappa shape index (κ2) is 4.14. The molecule has 2 atom stereocenters. The molecule has 4 heteroatoms. The maximum Gasteiger partial charge on any atom is 0.0536 e. The number of hydrogen-bond acceptors (Lipinski definition) is 4. The average Bonchev–Trinajstić information content (AvgIpc) is 2.51. The predicted molar refractivity (Wildman–Crippen MR) is 57.8 cm³/mol. The lowest BCUT2D eigenvalue weighted by Crippen LogP contribution is -2.56. The van der Waals surface area contributed by atoms with Gasteiger partial charge in [0, 0.05) is 25.2 Å². The molecule has 2 aliphatic heterocycles. The van der Waals surface area contributed by atoms with E-state index in [0.29, 0.717) is 6.04 Å². The van der Waals surface area contributed by atoms with E-state index in [1.54, 1.807) is 0 Å². The van der Waals surface area contributed by atoms with Gasteiger partial charge in [-0.2, -0.15) is 0 Å². The molecule has 0 amide bonds. The Morgan fingerprint density at radius 2 is 2.14 bits per heavy atom. The maximum absolute atomic E-state index is 5.66. The van der Waals surface area contributed by atoms with E-state index in [-0.39, 0.29) is 6.17 Å². The van der Waals surface area contributed by atoms with Gasteiger partial charge in [0.15, 0.2) is 0 Å². The molecule has 2 saturated heterocycles. The zero-order valence-corrected chi connectivity index (χ0v) is 9.02. The Morgan fingerprint density at radius 1 is 1.36 bits per heavy atom. The van der Waals surface area contributed by atoms with Crippen molar-refractivity contribution >= 4 is 0 Å². The van der Waals surface area contributed by atoms with Crippen molar-refractivity contribution in [3.63, 3.8) is 0 Å². The van der Waals surface area contributed by atoms with Crippen molar-refractivity contribution in [3.8, 4) is 0 Å². The highest BCUT2D eigenvalue weighted by Gasteiger charge is 2.34. The Balaban J connectivity index is 1.92. The molecule has 0 aromatic heterocycles. The van der Waals surface area contributed by atoms with Crippen LogP contribution in [0.25, 0.3) is 0 Å². The van der Waals surface area contributed by atoms with Crippen molar-refractivity contribution < 1.29 is 0 Å². The molecule has 2 heterocycles. The Morgan fingerprint density at radius 3 is 2.86 bits per heavy atom. The summed E-state index contributed by atoms with van der Waals surface area (Å²) in [5, 5.41) is 0. The highest BCUT2D eigenvalue weighted by atomic mass is 15.3. The van der Waals surface area contributed by atoms with E-state index in [0.717, 1.165) is 19.0 Å². The molecule has 0 aromatic rings. The van der Waals surface area contributed by atoms with Crippen LogP contribution in [0.1, 0.15) is 19.3 Å². The minimum atomic E-state index is -0.165. The normalized spacial score (nSPS) is 35.1. The van der Waals surface area contributed by atoms with Crippen LogP contribution in [0, 0.1) is 0 Å². The lowest BCUT2D eigenvalue weighted by atomic mass is 10.0. The molecular formula is C10H22N4. The van der Waals surface area contributed by atoms with Crippen molar-refractivity contribution in [2.24, 2.45) is 11.5 Å². The first-order valence-electron chi connectivity index (χ1n) is 5.62. The minimum Gasteiger partial charge on any atom is -0.316 e. The summed E-state index contributed by atoms with van der Waals surface area (Å²) in [5.41, 5.74) is 11.3. The van der Waals surface area contributed by atoms with Gasteiger partial charge in [0.2, 0.25) is 0 Å². The highest BCUT2D eigenvalue weighted by molar-refractivity contribution is 4.91. The van der Waals surface area contributed by atoms with Crippen LogP contribution in [-0.4, -0.2) is 54.7 Å². The third-order valence-electron chi connectivity index (χ3n) is 3.61. The molecule has 0 bridgehead atoms. The SMILES string of the molecule is CN1CC2CCCN2CC1CC(N)N. The van der Waals surface area contributed by atoms with E-state index in [9.17, 15) is 0 Å². The van der Waals surface area contributed by atoms with Crippen LogP contribution >= 0.6 is 0 Å². The van der Waals surface area contributed by atoms with Crippen molar-refractivity contribution in [1.29, 1.82) is 0 Å². The maximum atomic E-state index is 5.66. The van der Waals surface area contributed by atoms with E-state index < -0.39 is 0 Å². The van der Waals surface area contributed by atoms with Crippen LogP contribution in [0.3, 0.4) is 0 Å². The molecule has 0 radical (unpaired) electrons. The first-order valence-corrected chi connectivity index (χ1v) is 5.62. The summed E-state index contributed by atoms with van der Waals surface area (Å²) in [4.78, 5) is 5.03. The fourth-order valence-electron chi connectivity index (χ4n) is 2.80. The second-order valence-corrected chi connectivity index (χ2v) is 4.78. The van der Waals surface area contributed by atoms with Gasteiger partial charge in [-0.25, -0.2) is 0 Å². The molecule has 2 aliphatic rings.